The molecule has 1 amide bonds. The van der Waals surface area contributed by atoms with E-state index in [1.165, 1.54) is 12.1 Å². The summed E-state index contributed by atoms with van der Waals surface area (Å²) in [5, 5.41) is 1.06. The molecule has 4 rings (SSSR count). The number of ketones is 2. The molecule has 0 aliphatic carbocycles. The van der Waals surface area contributed by atoms with Crippen molar-refractivity contribution in [3.8, 4) is 0 Å². The predicted octanol–water partition coefficient (Wildman–Crippen LogP) is 5.06. The number of Topliss-reactive ketones (excluding diaryl/α,β-unsaturated/α-hetero) is 2. The first-order valence-corrected chi connectivity index (χ1v) is 13.5. The normalized spacial score (nSPS) is 17.0. The van der Waals surface area contributed by atoms with Crippen LogP contribution >= 0.6 is 15.9 Å². The van der Waals surface area contributed by atoms with Crippen LogP contribution in [-0.4, -0.2) is 70.4 Å². The quantitative estimate of drug-likeness (QED) is 0.276. The summed E-state index contributed by atoms with van der Waals surface area (Å²) in [6, 6.07) is 7.60. The number of piperidine rings is 1. The van der Waals surface area contributed by atoms with Crippen LogP contribution in [0.4, 0.5) is 4.39 Å². The molecule has 1 saturated heterocycles. The van der Waals surface area contributed by atoms with Crippen LogP contribution in [0.15, 0.2) is 36.5 Å². The summed E-state index contributed by atoms with van der Waals surface area (Å²) in [7, 11) is 1.74. The third-order valence-corrected chi connectivity index (χ3v) is 6.70. The van der Waals surface area contributed by atoms with Crippen molar-refractivity contribution >= 4 is 33.4 Å². The van der Waals surface area contributed by atoms with E-state index in [0.717, 1.165) is 50.6 Å². The zero-order valence-electron chi connectivity index (χ0n) is 20.6. The number of hydrogen-bond donors (Lipinski definition) is 0. The average molecular weight is 548 g/mol. The molecule has 190 valence electrons. The van der Waals surface area contributed by atoms with Crippen LogP contribution in [0, 0.1) is 11.7 Å². The van der Waals surface area contributed by atoms with Gasteiger partial charge >= 0.3 is 0 Å². The number of halogens is 2. The molecule has 0 atom stereocenters. The zero-order chi connectivity index (χ0) is 25.4. The van der Waals surface area contributed by atoms with E-state index >= 15 is 0 Å². The van der Waals surface area contributed by atoms with E-state index in [0.29, 0.717) is 36.3 Å². The van der Waals surface area contributed by atoms with Gasteiger partial charge in [0, 0.05) is 55.1 Å². The van der Waals surface area contributed by atoms with E-state index in [1.54, 1.807) is 30.1 Å². The van der Waals surface area contributed by atoms with Gasteiger partial charge in [-0.25, -0.2) is 4.39 Å². The Morgan fingerprint density at radius 3 is 2.31 bits per heavy atom. The minimum atomic E-state index is -0.324. The monoisotopic (exact) mass is 547 g/mol. The molecular weight excluding hydrogens is 513 g/mol. The van der Waals surface area contributed by atoms with Crippen molar-refractivity contribution in [1.29, 1.82) is 0 Å². The summed E-state index contributed by atoms with van der Waals surface area (Å²) in [5.41, 5.74) is 1.66. The summed E-state index contributed by atoms with van der Waals surface area (Å²) < 4.78 is 15.0. The van der Waals surface area contributed by atoms with Gasteiger partial charge in [-0.15, -0.1) is 0 Å². The first kappa shape index (κ1) is 27.3. The van der Waals surface area contributed by atoms with E-state index in [2.05, 4.69) is 20.8 Å². The Labute approximate surface area is 215 Å². The smallest absolute Gasteiger partial charge is 0.270 e. The molecule has 1 aromatic heterocycles. The summed E-state index contributed by atoms with van der Waals surface area (Å²) in [6.07, 6.45) is 5.78. The molecule has 2 aliphatic heterocycles. The second-order valence-corrected chi connectivity index (χ2v) is 10.3. The fourth-order valence-electron chi connectivity index (χ4n) is 4.69. The van der Waals surface area contributed by atoms with Crippen molar-refractivity contribution in [2.24, 2.45) is 5.92 Å². The molecule has 1 fully saturated rings. The lowest BCUT2D eigenvalue weighted by Crippen LogP contribution is -2.37. The minimum absolute atomic E-state index is 0.00702. The Balaban J connectivity index is 0.00000108. The summed E-state index contributed by atoms with van der Waals surface area (Å²) in [4.78, 5) is 41.6. The maximum Gasteiger partial charge on any atom is 0.270 e. The number of likely N-dealkylation sites (tertiary alicyclic amines) is 1. The van der Waals surface area contributed by atoms with Crippen molar-refractivity contribution in [2.45, 2.75) is 45.6 Å². The van der Waals surface area contributed by atoms with Crippen LogP contribution < -0.4 is 0 Å². The lowest BCUT2D eigenvalue weighted by molar-refractivity contribution is 0.0785. The fourth-order valence-corrected chi connectivity index (χ4v) is 4.69. The minimum Gasteiger partial charge on any atom is -0.343 e. The van der Waals surface area contributed by atoms with Crippen molar-refractivity contribution in [1.82, 2.24) is 14.4 Å². The lowest BCUT2D eigenvalue weighted by Gasteiger charge is -2.31. The molecule has 2 aliphatic rings. The number of aryl methyl sites for hydroxylation is 1. The number of fused-ring (bicyclic) bond motifs is 1. The van der Waals surface area contributed by atoms with Crippen molar-refractivity contribution < 1.29 is 18.8 Å². The highest BCUT2D eigenvalue weighted by Crippen LogP contribution is 2.23. The molecular formula is C27H35BrFN3O3. The molecule has 1 aromatic carbocycles. The number of amides is 1. The average Bonchev–Trinajstić information content (AvgIpc) is 3.25. The second kappa shape index (κ2) is 13.1. The molecule has 2 aromatic rings. The Morgan fingerprint density at radius 2 is 1.66 bits per heavy atom. The molecule has 0 radical (unpaired) electrons. The summed E-state index contributed by atoms with van der Waals surface area (Å²) in [5.74, 6) is -0.247. The van der Waals surface area contributed by atoms with Crippen molar-refractivity contribution in [3.63, 3.8) is 0 Å². The van der Waals surface area contributed by atoms with Gasteiger partial charge in [0.2, 0.25) is 0 Å². The number of carbonyl (C=O) groups excluding carboxylic acids is 3. The highest BCUT2D eigenvalue weighted by Gasteiger charge is 2.28. The number of hydrogen-bond acceptors (Lipinski definition) is 4. The Bertz CT molecular complexity index is 1010. The maximum absolute atomic E-state index is 13.1. The zero-order valence-corrected chi connectivity index (χ0v) is 22.2. The van der Waals surface area contributed by atoms with E-state index in [9.17, 15) is 18.8 Å². The topological polar surface area (TPSA) is 62.6 Å². The lowest BCUT2D eigenvalue weighted by atomic mass is 9.89. The number of unbranched alkanes of at least 4 members (excludes halogenated alkanes) is 1. The standard InChI is InChI=1S/C25H30FN3O3.C2H5Br/c1-27-14-11-22(30)21-10-17-29(23(21)25(27)32)13-3-2-12-28-15-8-19(9-16-28)24(31)18-4-6-20(26)7-5-18;1-2-3/h4-7,10,17,19H,2-3,8-9,11-16H2,1H3;2H2,1H3. The van der Waals surface area contributed by atoms with E-state index < -0.39 is 0 Å². The molecule has 3 heterocycles. The summed E-state index contributed by atoms with van der Waals surface area (Å²) in [6.45, 7) is 5.93. The van der Waals surface area contributed by atoms with Gasteiger partial charge in [0.05, 0.1) is 0 Å². The van der Waals surface area contributed by atoms with Gasteiger partial charge in [0.15, 0.2) is 11.6 Å². The first-order valence-electron chi connectivity index (χ1n) is 12.4. The SMILES string of the molecule is CCBr.CN1CCC(=O)c2ccn(CCCCN3CCC(C(=O)c4ccc(F)cc4)CC3)c2C1=O. The number of carbonyl (C=O) groups is 3. The van der Waals surface area contributed by atoms with E-state index in [4.69, 9.17) is 0 Å². The van der Waals surface area contributed by atoms with Gasteiger partial charge in [-0.05, 0) is 75.6 Å². The number of aromatic nitrogens is 1. The molecule has 35 heavy (non-hydrogen) atoms. The number of alkyl halides is 1. The summed E-state index contributed by atoms with van der Waals surface area (Å²) >= 11 is 3.15. The van der Waals surface area contributed by atoms with Crippen LogP contribution in [-0.2, 0) is 6.54 Å². The maximum atomic E-state index is 13.1. The number of benzene rings is 1. The van der Waals surface area contributed by atoms with Crippen molar-refractivity contribution in [3.05, 3.63) is 59.2 Å². The van der Waals surface area contributed by atoms with Crippen LogP contribution in [0.25, 0.3) is 0 Å². The Kier molecular flexibility index (Phi) is 10.2. The van der Waals surface area contributed by atoms with Gasteiger partial charge in [-0.1, -0.05) is 22.9 Å². The van der Waals surface area contributed by atoms with E-state index in [1.807, 2.05) is 17.7 Å². The fraction of sp³-hybridized carbons (Fsp3) is 0.519. The van der Waals surface area contributed by atoms with Gasteiger partial charge < -0.3 is 14.4 Å². The van der Waals surface area contributed by atoms with Crippen LogP contribution in [0.3, 0.4) is 0 Å². The van der Waals surface area contributed by atoms with Crippen LogP contribution in [0.1, 0.15) is 70.2 Å². The van der Waals surface area contributed by atoms with Crippen LogP contribution in [0.5, 0.6) is 0 Å². The second-order valence-electron chi connectivity index (χ2n) is 9.13. The first-order chi connectivity index (χ1) is 16.8. The van der Waals surface area contributed by atoms with E-state index in [-0.39, 0.29) is 29.2 Å². The molecule has 0 unspecified atom stereocenters. The third-order valence-electron chi connectivity index (χ3n) is 6.70. The largest absolute Gasteiger partial charge is 0.343 e. The Morgan fingerprint density at radius 1 is 1.03 bits per heavy atom. The molecule has 0 N–H and O–H groups in total. The molecule has 6 nitrogen and oxygen atoms in total. The highest BCUT2D eigenvalue weighted by molar-refractivity contribution is 9.09. The van der Waals surface area contributed by atoms with Gasteiger partial charge in [-0.3, -0.25) is 14.4 Å². The molecule has 8 heteroatoms. The number of rotatable bonds is 7. The third kappa shape index (κ3) is 7.10. The van der Waals surface area contributed by atoms with Gasteiger partial charge in [0.25, 0.3) is 5.91 Å². The Hall–Kier alpha value is -2.32. The number of nitrogens with zero attached hydrogens (tertiary/aromatic N) is 3. The van der Waals surface area contributed by atoms with Gasteiger partial charge in [0.1, 0.15) is 11.5 Å². The van der Waals surface area contributed by atoms with Crippen molar-refractivity contribution in [2.75, 3.05) is 38.6 Å². The molecule has 0 spiro atoms. The van der Waals surface area contributed by atoms with Gasteiger partial charge in [-0.2, -0.15) is 0 Å². The van der Waals surface area contributed by atoms with Crippen LogP contribution in [0.2, 0.25) is 0 Å². The highest BCUT2D eigenvalue weighted by atomic mass is 79.9. The molecule has 0 saturated carbocycles. The predicted molar refractivity (Wildman–Crippen MR) is 139 cm³/mol. The molecule has 0 bridgehead atoms.